The smallest absolute Gasteiger partial charge is 0.252 e. The number of rotatable bonds is 5. The first-order chi connectivity index (χ1) is 13.2. The Morgan fingerprint density at radius 2 is 1.89 bits per heavy atom. The Bertz CT molecular complexity index is 935. The minimum absolute atomic E-state index is 0.102. The van der Waals surface area contributed by atoms with Crippen LogP contribution in [-0.2, 0) is 4.79 Å². The lowest BCUT2D eigenvalue weighted by molar-refractivity contribution is -0.117. The molecule has 2 amide bonds. The maximum atomic E-state index is 12.9. The molecule has 4 rings (SSSR count). The summed E-state index contributed by atoms with van der Waals surface area (Å²) in [5.74, 6) is 0.555. The zero-order valence-electron chi connectivity index (χ0n) is 14.8. The van der Waals surface area contributed by atoms with Crippen LogP contribution >= 0.6 is 0 Å². The van der Waals surface area contributed by atoms with Crippen LogP contribution in [0, 0.1) is 0 Å². The molecule has 1 fully saturated rings. The lowest BCUT2D eigenvalue weighted by atomic mass is 10.0. The fraction of sp³-hybridized carbons (Fsp3) is 0.182. The van der Waals surface area contributed by atoms with Crippen LogP contribution in [0.3, 0.4) is 0 Å². The van der Waals surface area contributed by atoms with Crippen molar-refractivity contribution < 1.29 is 14.0 Å². The second-order valence-corrected chi connectivity index (χ2v) is 6.53. The summed E-state index contributed by atoms with van der Waals surface area (Å²) >= 11 is 0. The lowest BCUT2D eigenvalue weighted by Gasteiger charge is -2.19. The second kappa shape index (κ2) is 7.50. The average molecular weight is 360 g/mol. The zero-order valence-corrected chi connectivity index (χ0v) is 14.8. The minimum atomic E-state index is -0.384. The normalized spacial score (nSPS) is 15.0. The molecule has 5 heteroatoms. The van der Waals surface area contributed by atoms with Crippen LogP contribution in [-0.4, -0.2) is 18.4 Å². The van der Waals surface area contributed by atoms with Crippen LogP contribution in [0.4, 0.5) is 5.69 Å². The van der Waals surface area contributed by atoms with E-state index in [-0.39, 0.29) is 17.9 Å². The average Bonchev–Trinajstić information content (AvgIpc) is 3.38. The standard InChI is InChI=1S/C22H20N2O3/c25-20-12-5-13-24(20)18-10-4-9-17(15-18)22(26)23-21(19-11-6-14-27-19)16-7-2-1-3-8-16/h1-4,6-11,14-15,21H,5,12-13H2,(H,23,26). The molecule has 0 saturated carbocycles. The van der Waals surface area contributed by atoms with E-state index in [9.17, 15) is 9.59 Å². The fourth-order valence-electron chi connectivity index (χ4n) is 3.37. The number of amides is 2. The number of nitrogens with zero attached hydrogens (tertiary/aromatic N) is 1. The van der Waals surface area contributed by atoms with Gasteiger partial charge in [-0.05, 0) is 42.3 Å². The maximum Gasteiger partial charge on any atom is 0.252 e. The van der Waals surface area contributed by atoms with Crippen molar-refractivity contribution in [2.24, 2.45) is 0 Å². The largest absolute Gasteiger partial charge is 0.467 e. The molecule has 27 heavy (non-hydrogen) atoms. The van der Waals surface area contributed by atoms with Crippen molar-refractivity contribution in [1.82, 2.24) is 5.32 Å². The highest BCUT2D eigenvalue weighted by molar-refractivity contribution is 5.99. The van der Waals surface area contributed by atoms with Crippen LogP contribution in [0.5, 0.6) is 0 Å². The highest BCUT2D eigenvalue weighted by atomic mass is 16.3. The van der Waals surface area contributed by atoms with Crippen molar-refractivity contribution in [2.45, 2.75) is 18.9 Å². The number of benzene rings is 2. The number of anilines is 1. The van der Waals surface area contributed by atoms with Crippen molar-refractivity contribution in [3.8, 4) is 0 Å². The zero-order chi connectivity index (χ0) is 18.6. The van der Waals surface area contributed by atoms with Gasteiger partial charge in [-0.25, -0.2) is 0 Å². The van der Waals surface area contributed by atoms with Gasteiger partial charge in [0.2, 0.25) is 5.91 Å². The molecule has 2 aromatic carbocycles. The van der Waals surface area contributed by atoms with Crippen molar-refractivity contribution in [3.05, 3.63) is 89.9 Å². The Hall–Kier alpha value is -3.34. The van der Waals surface area contributed by atoms with E-state index in [2.05, 4.69) is 5.32 Å². The SMILES string of the molecule is O=C(NC(c1ccccc1)c1ccco1)c1cccc(N2CCCC2=O)c1. The molecule has 1 atom stereocenters. The Kier molecular flexibility index (Phi) is 4.75. The first kappa shape index (κ1) is 17.1. The molecule has 5 nitrogen and oxygen atoms in total. The molecule has 1 unspecified atom stereocenters. The van der Waals surface area contributed by atoms with E-state index in [1.54, 1.807) is 35.4 Å². The molecule has 0 aliphatic carbocycles. The third kappa shape index (κ3) is 3.62. The van der Waals surface area contributed by atoms with E-state index < -0.39 is 0 Å². The fourth-order valence-corrected chi connectivity index (χ4v) is 3.37. The summed E-state index contributed by atoms with van der Waals surface area (Å²) in [7, 11) is 0. The van der Waals surface area contributed by atoms with Gasteiger partial charge in [-0.1, -0.05) is 36.4 Å². The number of furan rings is 1. The lowest BCUT2D eigenvalue weighted by Crippen LogP contribution is -2.29. The highest BCUT2D eigenvalue weighted by Crippen LogP contribution is 2.25. The van der Waals surface area contributed by atoms with Crippen LogP contribution in [0.2, 0.25) is 0 Å². The van der Waals surface area contributed by atoms with Crippen LogP contribution in [0.15, 0.2) is 77.4 Å². The molecular weight excluding hydrogens is 340 g/mol. The van der Waals surface area contributed by atoms with Crippen LogP contribution in [0.25, 0.3) is 0 Å². The number of carbonyl (C=O) groups excluding carboxylic acids is 2. The van der Waals surface area contributed by atoms with Gasteiger partial charge in [0.1, 0.15) is 11.8 Å². The molecule has 136 valence electrons. The van der Waals surface area contributed by atoms with Crippen molar-refractivity contribution in [2.75, 3.05) is 11.4 Å². The monoisotopic (exact) mass is 360 g/mol. The molecule has 0 bridgehead atoms. The van der Waals surface area contributed by atoms with Crippen molar-refractivity contribution in [1.29, 1.82) is 0 Å². The Labute approximate surface area is 157 Å². The summed E-state index contributed by atoms with van der Waals surface area (Å²) in [6.07, 6.45) is 3.01. The van der Waals surface area contributed by atoms with Crippen LogP contribution in [0.1, 0.15) is 40.6 Å². The summed E-state index contributed by atoms with van der Waals surface area (Å²) in [5, 5.41) is 3.04. The van der Waals surface area contributed by atoms with E-state index in [1.807, 2.05) is 42.5 Å². The van der Waals surface area contributed by atoms with Crippen molar-refractivity contribution >= 4 is 17.5 Å². The molecule has 2 heterocycles. The van der Waals surface area contributed by atoms with Gasteiger partial charge in [-0.15, -0.1) is 0 Å². The molecule has 1 aromatic heterocycles. The van der Waals surface area contributed by atoms with Gasteiger partial charge in [0.25, 0.3) is 5.91 Å². The Balaban J connectivity index is 1.59. The third-order valence-electron chi connectivity index (χ3n) is 4.73. The third-order valence-corrected chi connectivity index (χ3v) is 4.73. The van der Waals surface area contributed by atoms with Gasteiger partial charge in [0.05, 0.1) is 6.26 Å². The number of carbonyl (C=O) groups is 2. The van der Waals surface area contributed by atoms with E-state index >= 15 is 0 Å². The predicted octanol–water partition coefficient (Wildman–Crippen LogP) is 3.93. The summed E-state index contributed by atoms with van der Waals surface area (Å²) in [4.78, 5) is 26.6. The molecule has 1 N–H and O–H groups in total. The topological polar surface area (TPSA) is 62.6 Å². The van der Waals surface area contributed by atoms with Crippen molar-refractivity contribution in [3.63, 3.8) is 0 Å². The predicted molar refractivity (Wildman–Crippen MR) is 102 cm³/mol. The van der Waals surface area contributed by atoms with Gasteiger partial charge in [-0.3, -0.25) is 9.59 Å². The Morgan fingerprint density at radius 1 is 1.04 bits per heavy atom. The quantitative estimate of drug-likeness (QED) is 0.750. The molecule has 3 aromatic rings. The van der Waals surface area contributed by atoms with E-state index in [4.69, 9.17) is 4.42 Å². The van der Waals surface area contributed by atoms with Gasteiger partial charge >= 0.3 is 0 Å². The first-order valence-corrected chi connectivity index (χ1v) is 9.02. The van der Waals surface area contributed by atoms with Gasteiger partial charge in [0, 0.05) is 24.2 Å². The summed E-state index contributed by atoms with van der Waals surface area (Å²) in [6, 6.07) is 20.1. The summed E-state index contributed by atoms with van der Waals surface area (Å²) in [5.41, 5.74) is 2.21. The number of nitrogens with one attached hydrogen (secondary N) is 1. The van der Waals surface area contributed by atoms with Gasteiger partial charge < -0.3 is 14.6 Å². The molecule has 1 aliphatic rings. The molecule has 0 radical (unpaired) electrons. The maximum absolute atomic E-state index is 12.9. The van der Waals surface area contributed by atoms with E-state index in [0.29, 0.717) is 24.3 Å². The van der Waals surface area contributed by atoms with Gasteiger partial charge in [0.15, 0.2) is 0 Å². The summed E-state index contributed by atoms with van der Waals surface area (Å²) in [6.45, 7) is 0.697. The highest BCUT2D eigenvalue weighted by Gasteiger charge is 2.24. The Morgan fingerprint density at radius 3 is 2.59 bits per heavy atom. The van der Waals surface area contributed by atoms with Crippen LogP contribution < -0.4 is 10.2 Å². The first-order valence-electron chi connectivity index (χ1n) is 9.02. The summed E-state index contributed by atoms with van der Waals surface area (Å²) < 4.78 is 5.54. The molecule has 1 aliphatic heterocycles. The number of hydrogen-bond acceptors (Lipinski definition) is 3. The molecule has 0 spiro atoms. The second-order valence-electron chi connectivity index (χ2n) is 6.53. The van der Waals surface area contributed by atoms with Gasteiger partial charge in [-0.2, -0.15) is 0 Å². The molecular formula is C22H20N2O3. The minimum Gasteiger partial charge on any atom is -0.467 e. The molecule has 1 saturated heterocycles. The van der Waals surface area contributed by atoms with E-state index in [1.165, 1.54) is 0 Å². The van der Waals surface area contributed by atoms with E-state index in [0.717, 1.165) is 17.7 Å². The number of hydrogen-bond donors (Lipinski definition) is 1.